The summed E-state index contributed by atoms with van der Waals surface area (Å²) in [6.07, 6.45) is 0. The highest BCUT2D eigenvalue weighted by molar-refractivity contribution is 5.98. The van der Waals surface area contributed by atoms with E-state index in [1.54, 1.807) is 0 Å². The van der Waals surface area contributed by atoms with Gasteiger partial charge in [0.2, 0.25) is 5.75 Å². The molecule has 0 atom stereocenters. The highest BCUT2D eigenvalue weighted by Gasteiger charge is 2.14. The molecule has 0 spiro atoms. The largest absolute Gasteiger partial charge is 0.502 e. The predicted octanol–water partition coefficient (Wildman–Crippen LogP) is 0.551. The van der Waals surface area contributed by atoms with Gasteiger partial charge in [-0.05, 0) is 12.1 Å². The van der Waals surface area contributed by atoms with Crippen LogP contribution in [0.25, 0.3) is 0 Å². The van der Waals surface area contributed by atoms with Gasteiger partial charge >= 0.3 is 0 Å². The number of carbonyl (C=O) groups is 1. The molecule has 0 bridgehead atoms. The Labute approximate surface area is 87.4 Å². The van der Waals surface area contributed by atoms with Crippen molar-refractivity contribution in [3.63, 3.8) is 0 Å². The predicted molar refractivity (Wildman–Crippen MR) is 54.6 cm³/mol. The average Bonchev–Trinajstić information content (AvgIpc) is 2.28. The fourth-order valence-electron chi connectivity index (χ4n) is 1.17. The molecule has 0 aliphatic carbocycles. The second kappa shape index (κ2) is 4.65. The molecule has 1 aromatic rings. The fraction of sp³-hybridized carbons (Fsp3) is 0.300. The number of ketones is 1. The highest BCUT2D eigenvalue weighted by Crippen LogP contribution is 2.37. The van der Waals surface area contributed by atoms with E-state index in [0.29, 0.717) is 5.56 Å². The van der Waals surface area contributed by atoms with Gasteiger partial charge in [0, 0.05) is 5.56 Å². The number of rotatable bonds is 4. The summed E-state index contributed by atoms with van der Waals surface area (Å²) in [5.41, 5.74) is 5.58. The maximum atomic E-state index is 11.3. The van der Waals surface area contributed by atoms with Gasteiger partial charge in [0.1, 0.15) is 0 Å². The van der Waals surface area contributed by atoms with Crippen molar-refractivity contribution < 1.29 is 19.4 Å². The minimum atomic E-state index is -0.244. The standard InChI is InChI=1S/C10H13NO4/c1-14-8-3-6(7(12)5-11)4-9(15-2)10(8)13/h3-4,13H,5,11H2,1-2H3. The first-order chi connectivity index (χ1) is 7.13. The van der Waals surface area contributed by atoms with Gasteiger partial charge in [0.05, 0.1) is 20.8 Å². The Morgan fingerprint density at radius 1 is 1.33 bits per heavy atom. The van der Waals surface area contributed by atoms with Crippen LogP contribution in [0, 0.1) is 0 Å². The van der Waals surface area contributed by atoms with E-state index in [9.17, 15) is 9.90 Å². The Balaban J connectivity index is 3.26. The number of phenolic OH excluding ortho intramolecular Hbond substituents is 1. The summed E-state index contributed by atoms with van der Waals surface area (Å²) in [6, 6.07) is 2.85. The van der Waals surface area contributed by atoms with Gasteiger partial charge < -0.3 is 20.3 Å². The maximum Gasteiger partial charge on any atom is 0.200 e. The molecule has 5 heteroatoms. The topological polar surface area (TPSA) is 81.8 Å². The van der Waals surface area contributed by atoms with Crippen LogP contribution in [0.1, 0.15) is 10.4 Å². The second-order valence-electron chi connectivity index (χ2n) is 2.86. The van der Waals surface area contributed by atoms with Crippen molar-refractivity contribution in [1.29, 1.82) is 0 Å². The van der Waals surface area contributed by atoms with E-state index in [2.05, 4.69) is 0 Å². The number of ether oxygens (including phenoxy) is 2. The third-order valence-electron chi connectivity index (χ3n) is 1.99. The van der Waals surface area contributed by atoms with E-state index in [1.165, 1.54) is 26.4 Å². The van der Waals surface area contributed by atoms with Gasteiger partial charge in [0.15, 0.2) is 17.3 Å². The van der Waals surface area contributed by atoms with Crippen molar-refractivity contribution in [3.8, 4) is 17.2 Å². The summed E-state index contributed by atoms with van der Waals surface area (Å²) in [5.74, 6) is -0.00234. The molecule has 0 aliphatic heterocycles. The van der Waals surface area contributed by atoms with Crippen LogP contribution in [0.5, 0.6) is 17.2 Å². The molecule has 0 aromatic heterocycles. The number of Topliss-reactive ketones (excluding diaryl/α,β-unsaturated/α-hetero) is 1. The molecule has 0 radical (unpaired) electrons. The smallest absolute Gasteiger partial charge is 0.200 e. The molecule has 0 heterocycles. The number of benzene rings is 1. The molecule has 0 amide bonds. The van der Waals surface area contributed by atoms with E-state index in [0.717, 1.165) is 0 Å². The van der Waals surface area contributed by atoms with E-state index in [-0.39, 0.29) is 29.6 Å². The maximum absolute atomic E-state index is 11.3. The van der Waals surface area contributed by atoms with Crippen LogP contribution in [0.15, 0.2) is 12.1 Å². The normalized spacial score (nSPS) is 9.80. The first-order valence-corrected chi connectivity index (χ1v) is 4.32. The van der Waals surface area contributed by atoms with Crippen LogP contribution in [0.2, 0.25) is 0 Å². The number of methoxy groups -OCH3 is 2. The van der Waals surface area contributed by atoms with Gasteiger partial charge in [-0.3, -0.25) is 4.79 Å². The molecule has 0 unspecified atom stereocenters. The summed E-state index contributed by atoms with van der Waals surface area (Å²) in [6.45, 7) is -0.100. The number of hydrogen-bond acceptors (Lipinski definition) is 5. The quantitative estimate of drug-likeness (QED) is 0.711. The first kappa shape index (κ1) is 11.3. The van der Waals surface area contributed by atoms with Gasteiger partial charge in [-0.25, -0.2) is 0 Å². The van der Waals surface area contributed by atoms with Crippen LogP contribution in [0.3, 0.4) is 0 Å². The molecule has 5 nitrogen and oxygen atoms in total. The van der Waals surface area contributed by atoms with E-state index in [1.807, 2.05) is 0 Å². The van der Waals surface area contributed by atoms with E-state index < -0.39 is 0 Å². The molecule has 0 saturated carbocycles. The van der Waals surface area contributed by atoms with E-state index >= 15 is 0 Å². The highest BCUT2D eigenvalue weighted by atomic mass is 16.5. The molecule has 1 aromatic carbocycles. The number of hydrogen-bond donors (Lipinski definition) is 2. The van der Waals surface area contributed by atoms with Crippen molar-refractivity contribution >= 4 is 5.78 Å². The zero-order valence-corrected chi connectivity index (χ0v) is 8.61. The Hall–Kier alpha value is -1.75. The minimum absolute atomic E-state index is 0.100. The molecule has 0 saturated heterocycles. The third-order valence-corrected chi connectivity index (χ3v) is 1.99. The molecule has 1 rings (SSSR count). The van der Waals surface area contributed by atoms with Crippen LogP contribution in [-0.4, -0.2) is 31.7 Å². The van der Waals surface area contributed by atoms with Crippen molar-refractivity contribution in [2.45, 2.75) is 0 Å². The van der Waals surface area contributed by atoms with Crippen LogP contribution in [0.4, 0.5) is 0 Å². The van der Waals surface area contributed by atoms with Crippen LogP contribution < -0.4 is 15.2 Å². The zero-order chi connectivity index (χ0) is 11.4. The summed E-state index contributed by atoms with van der Waals surface area (Å²) in [4.78, 5) is 11.3. The molecule has 15 heavy (non-hydrogen) atoms. The minimum Gasteiger partial charge on any atom is -0.502 e. The van der Waals surface area contributed by atoms with Crippen molar-refractivity contribution in [2.75, 3.05) is 20.8 Å². The second-order valence-corrected chi connectivity index (χ2v) is 2.86. The van der Waals surface area contributed by atoms with Gasteiger partial charge in [0.25, 0.3) is 0 Å². The third kappa shape index (κ3) is 2.19. The average molecular weight is 211 g/mol. The molecular formula is C10H13NO4. The summed E-state index contributed by atoms with van der Waals surface area (Å²) >= 11 is 0. The Kier molecular flexibility index (Phi) is 3.51. The van der Waals surface area contributed by atoms with Gasteiger partial charge in [-0.15, -0.1) is 0 Å². The first-order valence-electron chi connectivity index (χ1n) is 4.32. The van der Waals surface area contributed by atoms with Gasteiger partial charge in [-0.2, -0.15) is 0 Å². The summed E-state index contributed by atoms with van der Waals surface area (Å²) < 4.78 is 9.80. The van der Waals surface area contributed by atoms with Gasteiger partial charge in [-0.1, -0.05) is 0 Å². The molecule has 0 aliphatic rings. The number of phenols is 1. The Morgan fingerprint density at radius 3 is 2.13 bits per heavy atom. The number of aromatic hydroxyl groups is 1. The van der Waals surface area contributed by atoms with E-state index in [4.69, 9.17) is 15.2 Å². The lowest BCUT2D eigenvalue weighted by Crippen LogP contribution is -2.13. The SMILES string of the molecule is COc1cc(C(=O)CN)cc(OC)c1O. The molecular weight excluding hydrogens is 198 g/mol. The number of carbonyl (C=O) groups excluding carboxylic acids is 1. The fourth-order valence-corrected chi connectivity index (χ4v) is 1.17. The lowest BCUT2D eigenvalue weighted by molar-refractivity contribution is 0.100. The Morgan fingerprint density at radius 2 is 1.80 bits per heavy atom. The number of nitrogens with two attached hydrogens (primary N) is 1. The van der Waals surface area contributed by atoms with Crippen molar-refractivity contribution in [1.82, 2.24) is 0 Å². The van der Waals surface area contributed by atoms with Crippen molar-refractivity contribution in [3.05, 3.63) is 17.7 Å². The monoisotopic (exact) mass is 211 g/mol. The van der Waals surface area contributed by atoms with Crippen molar-refractivity contribution in [2.24, 2.45) is 5.73 Å². The van der Waals surface area contributed by atoms with Crippen LogP contribution >= 0.6 is 0 Å². The molecule has 82 valence electrons. The summed E-state index contributed by atoms with van der Waals surface area (Å²) in [7, 11) is 2.79. The molecule has 0 fully saturated rings. The van der Waals surface area contributed by atoms with Crippen LogP contribution in [-0.2, 0) is 0 Å². The summed E-state index contributed by atoms with van der Waals surface area (Å²) in [5, 5.41) is 9.58. The molecule has 3 N–H and O–H groups in total. The lowest BCUT2D eigenvalue weighted by Gasteiger charge is -2.10. The Bertz CT molecular complexity index is 351. The zero-order valence-electron chi connectivity index (χ0n) is 8.61. The lowest BCUT2D eigenvalue weighted by atomic mass is 10.1.